The van der Waals surface area contributed by atoms with Gasteiger partial charge in [0.15, 0.2) is 0 Å². The summed E-state index contributed by atoms with van der Waals surface area (Å²) in [4.78, 5) is 23.0. The number of carbonyl (C=O) groups is 2. The van der Waals surface area contributed by atoms with Crippen molar-refractivity contribution < 1.29 is 14.3 Å². The van der Waals surface area contributed by atoms with Gasteiger partial charge < -0.3 is 4.74 Å². The van der Waals surface area contributed by atoms with Crippen molar-refractivity contribution >= 4 is 28.6 Å². The van der Waals surface area contributed by atoms with Gasteiger partial charge in [0.1, 0.15) is 6.61 Å². The van der Waals surface area contributed by atoms with Gasteiger partial charge in [0.25, 0.3) is 5.24 Å². The third-order valence-corrected chi connectivity index (χ3v) is 4.22. The van der Waals surface area contributed by atoms with Crippen molar-refractivity contribution in [2.24, 2.45) is 0 Å². The van der Waals surface area contributed by atoms with Gasteiger partial charge in [-0.3, -0.25) is 10.1 Å². The number of amides is 1. The van der Waals surface area contributed by atoms with E-state index in [0.29, 0.717) is 11.3 Å². The number of carbonyl (C=O) groups excluding carboxylic acids is 2. The maximum absolute atomic E-state index is 11.9. The summed E-state index contributed by atoms with van der Waals surface area (Å²) in [6.45, 7) is 0.228. The maximum atomic E-state index is 11.9. The summed E-state index contributed by atoms with van der Waals surface area (Å²) in [7, 11) is 0. The van der Waals surface area contributed by atoms with Crippen LogP contribution in [-0.4, -0.2) is 11.3 Å². The number of benzene rings is 3. The molecule has 0 heterocycles. The predicted octanol–water partition coefficient (Wildman–Crippen LogP) is 5.41. The van der Waals surface area contributed by atoms with E-state index < -0.39 is 11.3 Å². The molecule has 0 unspecified atom stereocenters. The number of nitrogens with one attached hydrogen (secondary N) is 1. The number of anilines is 1. The van der Waals surface area contributed by atoms with E-state index in [1.165, 1.54) is 0 Å². The van der Waals surface area contributed by atoms with E-state index in [-0.39, 0.29) is 6.61 Å². The first-order valence-corrected chi connectivity index (χ1v) is 8.83. The number of halogens is 1. The van der Waals surface area contributed by atoms with Crippen LogP contribution in [-0.2, 0) is 17.8 Å². The third-order valence-electron chi connectivity index (χ3n) is 4.00. The van der Waals surface area contributed by atoms with E-state index in [9.17, 15) is 9.59 Å². The lowest BCUT2D eigenvalue weighted by atomic mass is 10.0. The van der Waals surface area contributed by atoms with Gasteiger partial charge in [0.2, 0.25) is 0 Å². The van der Waals surface area contributed by atoms with Crippen LogP contribution in [0, 0.1) is 0 Å². The average molecular weight is 380 g/mol. The minimum absolute atomic E-state index is 0.228. The Morgan fingerprint density at radius 2 is 1.37 bits per heavy atom. The van der Waals surface area contributed by atoms with Crippen LogP contribution >= 0.6 is 11.6 Å². The van der Waals surface area contributed by atoms with E-state index in [1.54, 1.807) is 12.1 Å². The predicted molar refractivity (Wildman–Crippen MR) is 106 cm³/mol. The van der Waals surface area contributed by atoms with Gasteiger partial charge in [0.05, 0.1) is 0 Å². The molecule has 3 aromatic carbocycles. The topological polar surface area (TPSA) is 55.4 Å². The van der Waals surface area contributed by atoms with Crippen LogP contribution < -0.4 is 5.32 Å². The first kappa shape index (κ1) is 18.7. The largest absolute Gasteiger partial charge is 0.444 e. The molecule has 0 aliphatic rings. The Balaban J connectivity index is 1.52. The summed E-state index contributed by atoms with van der Waals surface area (Å²) in [5.41, 5.74) is 4.24. The van der Waals surface area contributed by atoms with Gasteiger partial charge in [-0.2, -0.15) is 0 Å². The molecule has 1 N–H and O–H groups in total. The molecule has 27 heavy (non-hydrogen) atoms. The number of hydrogen-bond acceptors (Lipinski definition) is 3. The quantitative estimate of drug-likeness (QED) is 0.583. The number of hydrogen-bond donors (Lipinski definition) is 1. The Kier molecular flexibility index (Phi) is 6.23. The van der Waals surface area contributed by atoms with Crippen molar-refractivity contribution in [3.63, 3.8) is 0 Å². The fourth-order valence-electron chi connectivity index (χ4n) is 2.57. The van der Waals surface area contributed by atoms with Crippen molar-refractivity contribution in [1.82, 2.24) is 0 Å². The highest BCUT2D eigenvalue weighted by atomic mass is 35.5. The molecule has 3 aromatic rings. The summed E-state index contributed by atoms with van der Waals surface area (Å²) in [6, 6.07) is 24.2. The van der Waals surface area contributed by atoms with Crippen molar-refractivity contribution in [3.8, 4) is 0 Å². The van der Waals surface area contributed by atoms with Crippen molar-refractivity contribution in [1.29, 1.82) is 0 Å². The molecule has 0 bridgehead atoms. The van der Waals surface area contributed by atoms with Crippen LogP contribution in [0.15, 0.2) is 78.9 Å². The molecular weight excluding hydrogens is 362 g/mol. The molecule has 3 rings (SSSR count). The Labute approximate surface area is 162 Å². The average Bonchev–Trinajstić information content (AvgIpc) is 2.69. The van der Waals surface area contributed by atoms with Gasteiger partial charge >= 0.3 is 6.09 Å². The summed E-state index contributed by atoms with van der Waals surface area (Å²) in [5, 5.41) is 2.25. The minimum atomic E-state index is -0.493. The third kappa shape index (κ3) is 5.69. The first-order valence-electron chi connectivity index (χ1n) is 8.45. The van der Waals surface area contributed by atoms with Crippen molar-refractivity contribution in [3.05, 3.63) is 101 Å². The Bertz CT molecular complexity index is 907. The molecule has 0 aliphatic carbocycles. The molecule has 136 valence electrons. The lowest BCUT2D eigenvalue weighted by Gasteiger charge is -2.08. The zero-order valence-electron chi connectivity index (χ0n) is 14.5. The molecule has 0 aliphatic heterocycles. The normalized spacial score (nSPS) is 10.3. The van der Waals surface area contributed by atoms with Gasteiger partial charge in [-0.05, 0) is 59.0 Å². The smallest absolute Gasteiger partial charge is 0.411 e. The second-order valence-electron chi connectivity index (χ2n) is 6.03. The molecule has 0 atom stereocenters. The fraction of sp³-hybridized carbons (Fsp3) is 0.0909. The van der Waals surface area contributed by atoms with E-state index in [1.807, 2.05) is 66.7 Å². The number of rotatable bonds is 6. The van der Waals surface area contributed by atoms with E-state index >= 15 is 0 Å². The summed E-state index contributed by atoms with van der Waals surface area (Å²) in [6.07, 6.45) is 0.225. The van der Waals surface area contributed by atoms with Crippen LogP contribution in [0.2, 0.25) is 0 Å². The summed E-state index contributed by atoms with van der Waals surface area (Å²) >= 11 is 5.45. The maximum Gasteiger partial charge on any atom is 0.411 e. The first-order chi connectivity index (χ1) is 13.1. The fourth-order valence-corrected chi connectivity index (χ4v) is 2.70. The second-order valence-corrected chi connectivity index (χ2v) is 6.37. The highest BCUT2D eigenvalue weighted by Crippen LogP contribution is 2.15. The molecule has 0 fully saturated rings. The summed E-state index contributed by atoms with van der Waals surface area (Å²) < 4.78 is 5.20. The molecule has 0 radical (unpaired) electrons. The standard InChI is InChI=1S/C22H18ClNO3/c23-21(25)19-10-6-16(7-11-19)14-17-8-12-20(13-9-17)24-22(26)27-15-18-4-2-1-3-5-18/h1-13H,14-15H2,(H,24,26). The zero-order valence-corrected chi connectivity index (χ0v) is 15.3. The molecule has 5 heteroatoms. The lowest BCUT2D eigenvalue weighted by molar-refractivity contribution is 0.108. The van der Waals surface area contributed by atoms with E-state index in [4.69, 9.17) is 16.3 Å². The van der Waals surface area contributed by atoms with Crippen LogP contribution in [0.4, 0.5) is 10.5 Å². The molecule has 1 amide bonds. The Morgan fingerprint density at radius 3 is 1.96 bits per heavy atom. The van der Waals surface area contributed by atoms with Crippen LogP contribution in [0.3, 0.4) is 0 Å². The van der Waals surface area contributed by atoms with Crippen LogP contribution in [0.5, 0.6) is 0 Å². The molecule has 0 spiro atoms. The molecule has 4 nitrogen and oxygen atoms in total. The van der Waals surface area contributed by atoms with Crippen molar-refractivity contribution in [2.75, 3.05) is 5.32 Å². The van der Waals surface area contributed by atoms with Crippen LogP contribution in [0.25, 0.3) is 0 Å². The van der Waals surface area contributed by atoms with Crippen molar-refractivity contribution in [2.45, 2.75) is 13.0 Å². The van der Waals surface area contributed by atoms with Crippen LogP contribution in [0.1, 0.15) is 27.0 Å². The molecular formula is C22H18ClNO3. The zero-order chi connectivity index (χ0) is 19.1. The van der Waals surface area contributed by atoms with E-state index in [2.05, 4.69) is 5.32 Å². The monoisotopic (exact) mass is 379 g/mol. The van der Waals surface area contributed by atoms with Gasteiger partial charge in [-0.25, -0.2) is 4.79 Å². The SMILES string of the molecule is O=C(Nc1ccc(Cc2ccc(C(=O)Cl)cc2)cc1)OCc1ccccc1. The molecule has 0 saturated heterocycles. The van der Waals surface area contributed by atoms with Gasteiger partial charge in [-0.1, -0.05) is 54.6 Å². The second kappa shape index (κ2) is 9.01. The van der Waals surface area contributed by atoms with Gasteiger partial charge in [0, 0.05) is 11.3 Å². The molecule has 0 aromatic heterocycles. The lowest BCUT2D eigenvalue weighted by Crippen LogP contribution is -2.13. The summed E-state index contributed by atoms with van der Waals surface area (Å²) in [5.74, 6) is 0. The Hall–Kier alpha value is -3.11. The number of ether oxygens (including phenoxy) is 1. The molecule has 0 saturated carbocycles. The van der Waals surface area contributed by atoms with Gasteiger partial charge in [-0.15, -0.1) is 0 Å². The van der Waals surface area contributed by atoms with E-state index in [0.717, 1.165) is 23.1 Å². The highest BCUT2D eigenvalue weighted by molar-refractivity contribution is 6.67. The highest BCUT2D eigenvalue weighted by Gasteiger charge is 2.05. The Morgan fingerprint density at radius 1 is 0.778 bits per heavy atom. The minimum Gasteiger partial charge on any atom is -0.444 e.